The Labute approximate surface area is 371 Å². The highest BCUT2D eigenvalue weighted by Gasteiger charge is 2.48. The maximum absolute atomic E-state index is 14.2. The van der Waals surface area contributed by atoms with Crippen molar-refractivity contribution in [2.24, 2.45) is 11.8 Å². The van der Waals surface area contributed by atoms with Gasteiger partial charge in [-0.25, -0.2) is 8.78 Å². The zero-order valence-corrected chi connectivity index (χ0v) is 39.4. The van der Waals surface area contributed by atoms with Crippen molar-refractivity contribution in [2.45, 2.75) is 123 Å². The lowest BCUT2D eigenvalue weighted by molar-refractivity contribution is -0.296. The number of alkyl halides is 2. The number of carbonyl (C=O) groups excluding carboxylic acids is 2. The summed E-state index contributed by atoms with van der Waals surface area (Å²) in [6.45, 7) is 10.1. The molecule has 0 bridgehead atoms. The van der Waals surface area contributed by atoms with Crippen LogP contribution in [-0.2, 0) is 39.9 Å². The lowest BCUT2D eigenvalue weighted by Gasteiger charge is -2.44. The van der Waals surface area contributed by atoms with Crippen molar-refractivity contribution < 1.29 is 57.4 Å². The first-order chi connectivity index (χ1) is 19.3. The Morgan fingerprint density at radius 2 is 1.08 bits per heavy atom. The van der Waals surface area contributed by atoms with Gasteiger partial charge in [-0.2, -0.15) is 135 Å². The summed E-state index contributed by atoms with van der Waals surface area (Å²) in [4.78, 5) is 22.2. The summed E-state index contributed by atoms with van der Waals surface area (Å²) >= 11 is 0. The molecular weight excluding hydrogens is 867 g/mol. The second-order valence-electron chi connectivity index (χ2n) is 10.5. The van der Waals surface area contributed by atoms with Gasteiger partial charge in [0, 0.05) is 13.8 Å². The molecule has 0 radical (unpaired) electrons. The third-order valence-electron chi connectivity index (χ3n) is 7.37. The van der Waals surface area contributed by atoms with Gasteiger partial charge >= 0.3 is 11.9 Å². The molecule has 12 atom stereocenters. The SMILES string of the molecule is CC[C@H](F)C1OC(OC(C)=O)C(O)[C@@H](O)[C@@H]1O.CC[C@H](F)C1OC(OC(C)=O)C(OCc2ccccc2)[C@@H](C)[C@@H]1C.S.S.S.S.S.S.S.S.S.S. The number of ether oxygens (including phenoxy) is 5. The fourth-order valence-corrected chi connectivity index (χ4v) is 4.77. The number of carbonyl (C=O) groups is 2. The van der Waals surface area contributed by atoms with E-state index in [1.54, 1.807) is 13.8 Å². The predicted octanol–water partition coefficient (Wildman–Crippen LogP) is 4.11. The molecule has 1 aromatic carbocycles. The van der Waals surface area contributed by atoms with Gasteiger partial charge < -0.3 is 39.0 Å². The van der Waals surface area contributed by atoms with Gasteiger partial charge in [-0.3, -0.25) is 9.59 Å². The van der Waals surface area contributed by atoms with Gasteiger partial charge in [0.2, 0.25) is 12.6 Å². The molecule has 1 aromatic rings. The van der Waals surface area contributed by atoms with E-state index in [1.807, 2.05) is 44.2 Å². The first-order valence-corrected chi connectivity index (χ1v) is 13.9. The van der Waals surface area contributed by atoms with Crippen molar-refractivity contribution in [1.29, 1.82) is 0 Å². The normalized spacial score (nSPS) is 28.1. The van der Waals surface area contributed by atoms with Crippen molar-refractivity contribution in [1.82, 2.24) is 0 Å². The van der Waals surface area contributed by atoms with Gasteiger partial charge in [0.05, 0.1) is 12.7 Å². The molecule has 0 spiro atoms. The topological polar surface area (TPSA) is 141 Å². The average molecular weight is 931 g/mol. The van der Waals surface area contributed by atoms with E-state index < -0.39 is 73.5 Å². The molecule has 0 aliphatic carbocycles. The highest BCUT2D eigenvalue weighted by Crippen LogP contribution is 2.36. The van der Waals surface area contributed by atoms with Crippen LogP contribution in [0.3, 0.4) is 0 Å². The van der Waals surface area contributed by atoms with Crippen molar-refractivity contribution in [3.05, 3.63) is 35.9 Å². The van der Waals surface area contributed by atoms with Gasteiger partial charge in [-0.15, -0.1) is 0 Å². The molecule has 51 heavy (non-hydrogen) atoms. The Hall–Kier alpha value is 1.28. The smallest absolute Gasteiger partial charge is 0.305 e. The second-order valence-corrected chi connectivity index (χ2v) is 10.5. The molecule has 2 saturated heterocycles. The fraction of sp³-hybridized carbons (Fsp3) is 0.724. The molecule has 2 aliphatic heterocycles. The number of aliphatic hydroxyl groups is 3. The minimum absolute atomic E-state index is 0. The van der Waals surface area contributed by atoms with Crippen LogP contribution in [0, 0.1) is 11.8 Å². The van der Waals surface area contributed by atoms with Crippen LogP contribution in [0.25, 0.3) is 0 Å². The lowest BCUT2D eigenvalue weighted by Crippen LogP contribution is -2.60. The third-order valence-corrected chi connectivity index (χ3v) is 7.37. The van der Waals surface area contributed by atoms with E-state index >= 15 is 0 Å². The maximum atomic E-state index is 14.2. The van der Waals surface area contributed by atoms with Gasteiger partial charge in [0.1, 0.15) is 42.9 Å². The molecule has 22 heteroatoms. The van der Waals surface area contributed by atoms with E-state index in [-0.39, 0.29) is 153 Å². The van der Waals surface area contributed by atoms with Crippen LogP contribution < -0.4 is 0 Å². The van der Waals surface area contributed by atoms with E-state index in [0.29, 0.717) is 13.0 Å². The fourth-order valence-electron chi connectivity index (χ4n) is 4.77. The Kier molecular flexibility index (Phi) is 53.1. The van der Waals surface area contributed by atoms with E-state index in [0.717, 1.165) is 12.5 Å². The number of hydrogen-bond donors (Lipinski definition) is 3. The summed E-state index contributed by atoms with van der Waals surface area (Å²) in [6.07, 6.45) is -11.7. The molecule has 0 aromatic heterocycles. The number of esters is 2. The highest BCUT2D eigenvalue weighted by atomic mass is 32.1. The van der Waals surface area contributed by atoms with E-state index in [9.17, 15) is 33.7 Å². The van der Waals surface area contributed by atoms with Crippen molar-refractivity contribution in [2.75, 3.05) is 0 Å². The molecule has 3 rings (SSSR count). The van der Waals surface area contributed by atoms with Crippen LogP contribution in [0.4, 0.5) is 8.78 Å². The van der Waals surface area contributed by atoms with Gasteiger partial charge in [0.15, 0.2) is 0 Å². The Morgan fingerprint density at radius 3 is 1.51 bits per heavy atom. The standard InChI is InChI=1S/C19H27FO4.C10H17FO6.10H2S/c1-5-16(20)17-12(2)13(3)18(19(24-17)23-14(4)21)22-11-15-9-7-6-8-10-15;1-3-5(11)9-7(14)6(13)8(15)10(17-9)16-4(2)12;;;;;;;;;;/h6-10,12-13,16-19H,5,11H2,1-4H3;5-10,13-15H,3H2,1-2H3;10*1H2/t12-,13-,16-,17?,18?,19?;5-,6-,7-,8?,9?,10?;;;;;;;;;;/m00........../s1. The first-order valence-electron chi connectivity index (χ1n) is 13.9. The molecule has 6 unspecified atom stereocenters. The summed E-state index contributed by atoms with van der Waals surface area (Å²) in [5.41, 5.74) is 1.03. The van der Waals surface area contributed by atoms with Crippen molar-refractivity contribution >= 4 is 147 Å². The molecule has 10 nitrogen and oxygen atoms in total. The molecule has 2 heterocycles. The van der Waals surface area contributed by atoms with Crippen molar-refractivity contribution in [3.8, 4) is 0 Å². The minimum Gasteiger partial charge on any atom is -0.433 e. The van der Waals surface area contributed by atoms with Crippen LogP contribution in [0.1, 0.15) is 59.9 Å². The Balaban J connectivity index is -0.0000000856. The zero-order chi connectivity index (χ0) is 30.9. The quantitative estimate of drug-likeness (QED) is 0.310. The van der Waals surface area contributed by atoms with Crippen LogP contribution in [0.15, 0.2) is 30.3 Å². The summed E-state index contributed by atoms with van der Waals surface area (Å²) < 4.78 is 54.3. The molecule has 3 N–H and O–H groups in total. The maximum Gasteiger partial charge on any atom is 0.305 e. The summed E-state index contributed by atoms with van der Waals surface area (Å²) in [7, 11) is 0. The van der Waals surface area contributed by atoms with Gasteiger partial charge in [-0.1, -0.05) is 58.0 Å². The molecule has 0 amide bonds. The lowest BCUT2D eigenvalue weighted by atomic mass is 9.81. The second kappa shape index (κ2) is 36.9. The molecular formula is C29H64F2O10S10. The Morgan fingerprint density at radius 1 is 0.667 bits per heavy atom. The van der Waals surface area contributed by atoms with Crippen molar-refractivity contribution in [3.63, 3.8) is 0 Å². The number of hydrogen-bond acceptors (Lipinski definition) is 10. The van der Waals surface area contributed by atoms with Crippen LogP contribution in [0.5, 0.6) is 0 Å². The minimum atomic E-state index is -1.62. The number of aliphatic hydroxyl groups excluding tert-OH is 3. The monoisotopic (exact) mass is 930 g/mol. The van der Waals surface area contributed by atoms with Crippen LogP contribution >= 0.6 is 135 Å². The van der Waals surface area contributed by atoms with Crippen LogP contribution in [-0.4, -0.2) is 88.8 Å². The Bertz CT molecular complexity index is 974. The summed E-state index contributed by atoms with van der Waals surface area (Å²) in [6, 6.07) is 9.76. The largest absolute Gasteiger partial charge is 0.433 e. The first kappa shape index (κ1) is 73.4. The van der Waals surface area contributed by atoms with Gasteiger partial charge in [-0.05, 0) is 30.2 Å². The summed E-state index contributed by atoms with van der Waals surface area (Å²) in [5.74, 6) is -1.22. The number of rotatable bonds is 9. The van der Waals surface area contributed by atoms with Crippen LogP contribution in [0.2, 0.25) is 0 Å². The van der Waals surface area contributed by atoms with E-state index in [1.165, 1.54) is 6.92 Å². The number of benzene rings is 1. The molecule has 2 fully saturated rings. The van der Waals surface area contributed by atoms with E-state index in [2.05, 4.69) is 4.74 Å². The summed E-state index contributed by atoms with van der Waals surface area (Å²) in [5, 5.41) is 28.5. The third kappa shape index (κ3) is 22.6. The zero-order valence-electron chi connectivity index (χ0n) is 29.4. The van der Waals surface area contributed by atoms with E-state index in [4.69, 9.17) is 18.9 Å². The average Bonchev–Trinajstić information content (AvgIpc) is 2.94. The predicted molar refractivity (Wildman–Crippen MR) is 246 cm³/mol. The van der Waals surface area contributed by atoms with Gasteiger partial charge in [0.25, 0.3) is 0 Å². The molecule has 0 saturated carbocycles. The highest BCUT2D eigenvalue weighted by molar-refractivity contribution is 7.60. The number of halogens is 2. The molecule has 314 valence electrons. The molecule has 2 aliphatic rings.